The van der Waals surface area contributed by atoms with Gasteiger partial charge in [-0.2, -0.15) is 13.2 Å². The quantitative estimate of drug-likeness (QED) is 0.308. The maximum absolute atomic E-state index is 12.9. The van der Waals surface area contributed by atoms with Crippen LogP contribution in [0.3, 0.4) is 0 Å². The van der Waals surface area contributed by atoms with Gasteiger partial charge in [0.05, 0.1) is 18.2 Å². The van der Waals surface area contributed by atoms with Crippen LogP contribution in [-0.4, -0.2) is 43.5 Å². The summed E-state index contributed by atoms with van der Waals surface area (Å²) in [5.41, 5.74) is 0.623. The summed E-state index contributed by atoms with van der Waals surface area (Å²) in [7, 11) is 0. The van der Waals surface area contributed by atoms with Crippen LogP contribution in [0.2, 0.25) is 0 Å². The van der Waals surface area contributed by atoms with Crippen molar-refractivity contribution >= 4 is 34.8 Å². The van der Waals surface area contributed by atoms with E-state index in [9.17, 15) is 27.6 Å². The molecule has 3 aromatic rings. The SMILES string of the molecule is O=C(CNc1cccc(C(=O)NCC2CCCO2)c1)Nc1cccc(C(=O)Nc2cccc(C(F)(F)F)c2)c1. The van der Waals surface area contributed by atoms with Crippen LogP contribution in [0.15, 0.2) is 72.8 Å². The Morgan fingerprint density at radius 2 is 1.46 bits per heavy atom. The van der Waals surface area contributed by atoms with Crippen LogP contribution in [-0.2, 0) is 15.7 Å². The Bertz CT molecular complexity index is 1340. The summed E-state index contributed by atoms with van der Waals surface area (Å²) in [5.74, 6) is -1.27. The van der Waals surface area contributed by atoms with Crippen molar-refractivity contribution in [2.45, 2.75) is 25.1 Å². The number of benzene rings is 3. The van der Waals surface area contributed by atoms with Gasteiger partial charge >= 0.3 is 6.18 Å². The molecule has 204 valence electrons. The van der Waals surface area contributed by atoms with Gasteiger partial charge in [0.25, 0.3) is 11.8 Å². The van der Waals surface area contributed by atoms with Crippen LogP contribution < -0.4 is 21.3 Å². The third kappa shape index (κ3) is 8.05. The summed E-state index contributed by atoms with van der Waals surface area (Å²) in [5, 5.41) is 10.9. The van der Waals surface area contributed by atoms with E-state index in [1.54, 1.807) is 36.4 Å². The van der Waals surface area contributed by atoms with Crippen LogP contribution in [0.4, 0.5) is 30.2 Å². The molecule has 8 nitrogen and oxygen atoms in total. The minimum absolute atomic E-state index is 0.00348. The van der Waals surface area contributed by atoms with Gasteiger partial charge in [-0.05, 0) is 67.4 Å². The number of carbonyl (C=O) groups is 3. The topological polar surface area (TPSA) is 109 Å². The molecule has 1 aliphatic rings. The molecule has 39 heavy (non-hydrogen) atoms. The third-order valence-electron chi connectivity index (χ3n) is 5.95. The molecule has 1 fully saturated rings. The Morgan fingerprint density at radius 1 is 0.821 bits per heavy atom. The van der Waals surface area contributed by atoms with Gasteiger partial charge in [0.1, 0.15) is 0 Å². The van der Waals surface area contributed by atoms with Gasteiger partial charge in [0, 0.05) is 41.3 Å². The summed E-state index contributed by atoms with van der Waals surface area (Å²) in [6, 6.07) is 17.1. The van der Waals surface area contributed by atoms with Crippen molar-refractivity contribution in [3.8, 4) is 0 Å². The average molecular weight is 541 g/mol. The van der Waals surface area contributed by atoms with Crippen molar-refractivity contribution in [3.63, 3.8) is 0 Å². The lowest BCUT2D eigenvalue weighted by atomic mass is 10.1. The fourth-order valence-corrected chi connectivity index (χ4v) is 3.99. The van der Waals surface area contributed by atoms with Gasteiger partial charge in [-0.15, -0.1) is 0 Å². The fraction of sp³-hybridized carbons (Fsp3) is 0.250. The third-order valence-corrected chi connectivity index (χ3v) is 5.95. The summed E-state index contributed by atoms with van der Waals surface area (Å²) in [6.07, 6.45) is -2.60. The number of amides is 3. The largest absolute Gasteiger partial charge is 0.416 e. The van der Waals surface area contributed by atoms with Crippen LogP contribution in [0.25, 0.3) is 0 Å². The number of rotatable bonds is 9. The summed E-state index contributed by atoms with van der Waals surface area (Å²) < 4.78 is 44.3. The lowest BCUT2D eigenvalue weighted by Gasteiger charge is -2.12. The second kappa shape index (κ2) is 12.4. The molecule has 0 aromatic heterocycles. The fourth-order valence-electron chi connectivity index (χ4n) is 3.99. The molecule has 1 atom stereocenters. The highest BCUT2D eigenvalue weighted by Gasteiger charge is 2.30. The van der Waals surface area contributed by atoms with Gasteiger partial charge in [0.2, 0.25) is 5.91 Å². The normalized spacial score (nSPS) is 14.9. The molecule has 0 bridgehead atoms. The monoisotopic (exact) mass is 540 g/mol. The molecule has 3 aromatic carbocycles. The minimum atomic E-state index is -4.53. The highest BCUT2D eigenvalue weighted by atomic mass is 19.4. The molecule has 0 spiro atoms. The van der Waals surface area contributed by atoms with E-state index >= 15 is 0 Å². The Morgan fingerprint density at radius 3 is 2.15 bits per heavy atom. The molecule has 1 aliphatic heterocycles. The Balaban J connectivity index is 1.29. The summed E-state index contributed by atoms with van der Waals surface area (Å²) in [6.45, 7) is 1.04. The van der Waals surface area contributed by atoms with Gasteiger partial charge in [-0.3, -0.25) is 14.4 Å². The highest BCUT2D eigenvalue weighted by molar-refractivity contribution is 6.05. The van der Waals surface area contributed by atoms with Crippen molar-refractivity contribution in [2.75, 3.05) is 35.6 Å². The van der Waals surface area contributed by atoms with Crippen molar-refractivity contribution in [1.82, 2.24) is 5.32 Å². The van der Waals surface area contributed by atoms with E-state index < -0.39 is 23.6 Å². The van der Waals surface area contributed by atoms with Gasteiger partial charge in [-0.25, -0.2) is 0 Å². The Kier molecular flexibility index (Phi) is 8.82. The van der Waals surface area contributed by atoms with E-state index in [0.29, 0.717) is 30.1 Å². The minimum Gasteiger partial charge on any atom is -0.376 e. The standard InChI is InChI=1S/C28H27F3N4O4/c29-28(30,31)20-7-3-10-23(15-20)35-27(38)19-6-2-9-22(14-19)34-25(36)17-32-21-8-1-5-18(13-21)26(37)33-16-24-11-4-12-39-24/h1-3,5-10,13-15,24,32H,4,11-12,16-17H2,(H,33,37)(H,34,36)(H,35,38). The van der Waals surface area contributed by atoms with Crippen molar-refractivity contribution in [3.05, 3.63) is 89.5 Å². The zero-order chi connectivity index (χ0) is 27.8. The molecule has 0 aliphatic carbocycles. The predicted octanol–water partition coefficient (Wildman–Crippen LogP) is 4.92. The number of nitrogens with one attached hydrogen (secondary N) is 4. The summed E-state index contributed by atoms with van der Waals surface area (Å²) in [4.78, 5) is 37.5. The molecule has 11 heteroatoms. The molecule has 0 saturated carbocycles. The number of hydrogen-bond donors (Lipinski definition) is 4. The van der Waals surface area contributed by atoms with Crippen molar-refractivity contribution < 1.29 is 32.3 Å². The number of hydrogen-bond acceptors (Lipinski definition) is 5. The summed E-state index contributed by atoms with van der Waals surface area (Å²) >= 11 is 0. The predicted molar refractivity (Wildman–Crippen MR) is 141 cm³/mol. The number of carbonyl (C=O) groups excluding carboxylic acids is 3. The van der Waals surface area contributed by atoms with E-state index in [0.717, 1.165) is 25.0 Å². The molecule has 3 amide bonds. The van der Waals surface area contributed by atoms with E-state index in [4.69, 9.17) is 4.74 Å². The van der Waals surface area contributed by atoms with Crippen LogP contribution in [0, 0.1) is 0 Å². The average Bonchev–Trinajstić information content (AvgIpc) is 3.44. The first kappa shape index (κ1) is 27.6. The van der Waals surface area contributed by atoms with Gasteiger partial charge in [-0.1, -0.05) is 18.2 Å². The first-order valence-corrected chi connectivity index (χ1v) is 12.3. The maximum atomic E-state index is 12.9. The lowest BCUT2D eigenvalue weighted by molar-refractivity contribution is -0.137. The first-order chi connectivity index (χ1) is 18.7. The zero-order valence-electron chi connectivity index (χ0n) is 20.8. The van der Waals surface area contributed by atoms with Crippen LogP contribution in [0.1, 0.15) is 39.1 Å². The van der Waals surface area contributed by atoms with Crippen LogP contribution >= 0.6 is 0 Å². The zero-order valence-corrected chi connectivity index (χ0v) is 20.8. The maximum Gasteiger partial charge on any atom is 0.416 e. The molecule has 1 unspecified atom stereocenters. The lowest BCUT2D eigenvalue weighted by Crippen LogP contribution is -2.31. The molecule has 1 saturated heterocycles. The first-order valence-electron chi connectivity index (χ1n) is 12.3. The highest BCUT2D eigenvalue weighted by Crippen LogP contribution is 2.30. The van der Waals surface area contributed by atoms with E-state index in [1.807, 2.05) is 0 Å². The molecular formula is C28H27F3N4O4. The number of ether oxygens (including phenoxy) is 1. The Hall–Kier alpha value is -4.38. The number of alkyl halides is 3. The van der Waals surface area contributed by atoms with Crippen molar-refractivity contribution in [1.29, 1.82) is 0 Å². The number of halogens is 3. The van der Waals surface area contributed by atoms with E-state index in [2.05, 4.69) is 21.3 Å². The smallest absolute Gasteiger partial charge is 0.376 e. The Labute approximate surface area is 222 Å². The van der Waals surface area contributed by atoms with Gasteiger partial charge in [0.15, 0.2) is 0 Å². The molecule has 4 N–H and O–H groups in total. The van der Waals surface area contributed by atoms with E-state index in [1.165, 1.54) is 24.3 Å². The number of anilines is 3. The molecular weight excluding hydrogens is 513 g/mol. The second-order valence-electron chi connectivity index (χ2n) is 8.94. The van der Waals surface area contributed by atoms with Gasteiger partial charge < -0.3 is 26.0 Å². The van der Waals surface area contributed by atoms with Crippen LogP contribution in [0.5, 0.6) is 0 Å². The molecule has 4 rings (SSSR count). The molecule has 1 heterocycles. The van der Waals surface area contributed by atoms with E-state index in [-0.39, 0.29) is 29.8 Å². The second-order valence-corrected chi connectivity index (χ2v) is 8.94. The molecule has 0 radical (unpaired) electrons. The van der Waals surface area contributed by atoms with Crippen molar-refractivity contribution in [2.24, 2.45) is 0 Å².